The van der Waals surface area contributed by atoms with Crippen molar-refractivity contribution < 1.29 is 23.7 Å². The summed E-state index contributed by atoms with van der Waals surface area (Å²) in [6.07, 6.45) is 1.67. The highest BCUT2D eigenvalue weighted by molar-refractivity contribution is 5.76. The molecule has 10 nitrogen and oxygen atoms in total. The maximum absolute atomic E-state index is 12.2. The fourth-order valence-electron chi connectivity index (χ4n) is 3.29. The number of amides is 1. The van der Waals surface area contributed by atoms with Gasteiger partial charge in [-0.2, -0.15) is 4.98 Å². The highest BCUT2D eigenvalue weighted by atomic mass is 16.6. The van der Waals surface area contributed by atoms with Crippen LogP contribution in [0.4, 0.5) is 5.69 Å². The van der Waals surface area contributed by atoms with Crippen molar-refractivity contribution in [1.82, 2.24) is 15.5 Å². The Hall–Kier alpha value is -3.95. The summed E-state index contributed by atoms with van der Waals surface area (Å²) in [7, 11) is 2.87. The van der Waals surface area contributed by atoms with Crippen molar-refractivity contribution in [3.05, 3.63) is 63.5 Å². The van der Waals surface area contributed by atoms with E-state index < -0.39 is 4.92 Å². The van der Waals surface area contributed by atoms with Gasteiger partial charge in [0.1, 0.15) is 0 Å². The molecule has 0 aliphatic heterocycles. The number of rotatable bonds is 11. The zero-order chi connectivity index (χ0) is 23.8. The lowest BCUT2D eigenvalue weighted by Crippen LogP contribution is -2.26. The number of methoxy groups -OCH3 is 2. The monoisotopic (exact) mass is 454 g/mol. The van der Waals surface area contributed by atoms with Gasteiger partial charge in [0.05, 0.1) is 25.2 Å². The third kappa shape index (κ3) is 6.06. The first-order valence-corrected chi connectivity index (χ1v) is 10.5. The van der Waals surface area contributed by atoms with Gasteiger partial charge >= 0.3 is 0 Å². The zero-order valence-corrected chi connectivity index (χ0v) is 18.8. The number of nitrogens with one attached hydrogen (secondary N) is 1. The maximum atomic E-state index is 12.2. The highest BCUT2D eigenvalue weighted by Crippen LogP contribution is 2.34. The summed E-state index contributed by atoms with van der Waals surface area (Å²) in [5, 5.41) is 18.1. The molecule has 0 aliphatic rings. The van der Waals surface area contributed by atoms with E-state index in [2.05, 4.69) is 22.4 Å². The Kier molecular flexibility index (Phi) is 7.96. The molecule has 0 bridgehead atoms. The van der Waals surface area contributed by atoms with Crippen LogP contribution in [-0.2, 0) is 24.1 Å². The van der Waals surface area contributed by atoms with Crippen LogP contribution in [0, 0.1) is 10.1 Å². The Balaban J connectivity index is 1.52. The topological polar surface area (TPSA) is 130 Å². The molecule has 0 radical (unpaired) electrons. The van der Waals surface area contributed by atoms with Gasteiger partial charge in [-0.05, 0) is 24.5 Å². The third-order valence-electron chi connectivity index (χ3n) is 5.15. The zero-order valence-electron chi connectivity index (χ0n) is 18.8. The van der Waals surface area contributed by atoms with Gasteiger partial charge in [-0.25, -0.2) is 0 Å². The lowest BCUT2D eigenvalue weighted by Gasteiger charge is -2.11. The predicted molar refractivity (Wildman–Crippen MR) is 120 cm³/mol. The molecule has 0 saturated heterocycles. The van der Waals surface area contributed by atoms with Crippen LogP contribution in [0.25, 0.3) is 11.4 Å². The van der Waals surface area contributed by atoms with Crippen LogP contribution in [0.15, 0.2) is 40.9 Å². The number of nitro benzene ring substituents is 1. The van der Waals surface area contributed by atoms with Crippen molar-refractivity contribution in [2.24, 2.45) is 0 Å². The van der Waals surface area contributed by atoms with Crippen molar-refractivity contribution in [3.63, 3.8) is 0 Å². The molecule has 1 N–H and O–H groups in total. The quantitative estimate of drug-likeness (QED) is 0.344. The molecule has 0 unspecified atom stereocenters. The average molecular weight is 454 g/mol. The van der Waals surface area contributed by atoms with E-state index in [0.29, 0.717) is 29.4 Å². The van der Waals surface area contributed by atoms with Gasteiger partial charge in [0.25, 0.3) is 5.69 Å². The summed E-state index contributed by atoms with van der Waals surface area (Å²) in [6, 6.07) is 10.8. The molecule has 1 aromatic heterocycles. The molecule has 2 aromatic carbocycles. The summed E-state index contributed by atoms with van der Waals surface area (Å²) >= 11 is 0. The van der Waals surface area contributed by atoms with E-state index >= 15 is 0 Å². The molecule has 0 aliphatic carbocycles. The van der Waals surface area contributed by atoms with Crippen LogP contribution in [0.3, 0.4) is 0 Å². The van der Waals surface area contributed by atoms with E-state index in [1.165, 1.54) is 25.8 Å². The van der Waals surface area contributed by atoms with Gasteiger partial charge in [0.15, 0.2) is 11.5 Å². The molecule has 3 aromatic rings. The molecule has 1 amide bonds. The predicted octanol–water partition coefficient (Wildman–Crippen LogP) is 3.52. The number of hydrogen-bond donors (Lipinski definition) is 1. The lowest BCUT2D eigenvalue weighted by atomic mass is 10.1. The van der Waals surface area contributed by atoms with Crippen molar-refractivity contribution >= 4 is 11.6 Å². The minimum atomic E-state index is -0.484. The normalized spacial score (nSPS) is 10.6. The molecule has 0 atom stereocenters. The summed E-state index contributed by atoms with van der Waals surface area (Å²) in [4.78, 5) is 27.5. The number of nitrogens with zero attached hydrogens (tertiary/aromatic N) is 3. The van der Waals surface area contributed by atoms with Crippen molar-refractivity contribution in [3.8, 4) is 22.9 Å². The summed E-state index contributed by atoms with van der Waals surface area (Å²) in [6.45, 7) is 2.32. The van der Waals surface area contributed by atoms with Crippen LogP contribution in [0.2, 0.25) is 0 Å². The number of nitro groups is 1. The standard InChI is InChI=1S/C23H26N4O6/c1-4-15-5-7-16(8-6-15)23-25-22(33-26-23)10-9-21(28)24-12-11-17-13-19(31-2)20(32-3)14-18(17)27(29)30/h5-8,13-14H,4,9-12H2,1-3H3,(H,24,28). The molecule has 0 spiro atoms. The number of carbonyl (C=O) groups is 1. The molecular weight excluding hydrogens is 428 g/mol. The van der Waals surface area contributed by atoms with Gasteiger partial charge in [0, 0.05) is 30.5 Å². The van der Waals surface area contributed by atoms with E-state index in [1.54, 1.807) is 6.07 Å². The molecule has 10 heteroatoms. The van der Waals surface area contributed by atoms with Crippen LogP contribution < -0.4 is 14.8 Å². The summed E-state index contributed by atoms with van der Waals surface area (Å²) in [5.74, 6) is 1.30. The second-order valence-corrected chi connectivity index (χ2v) is 7.26. The van der Waals surface area contributed by atoms with Gasteiger partial charge in [0.2, 0.25) is 17.6 Å². The Labute approximate surface area is 191 Å². The van der Waals surface area contributed by atoms with Crippen LogP contribution in [0.1, 0.15) is 30.4 Å². The number of aromatic nitrogens is 2. The molecule has 174 valence electrons. The molecule has 0 fully saturated rings. The minimum absolute atomic E-state index is 0.0905. The van der Waals surface area contributed by atoms with Gasteiger partial charge in [-0.1, -0.05) is 36.3 Å². The molecule has 1 heterocycles. The van der Waals surface area contributed by atoms with E-state index in [0.717, 1.165) is 12.0 Å². The smallest absolute Gasteiger partial charge is 0.276 e. The third-order valence-corrected chi connectivity index (χ3v) is 5.15. The van der Waals surface area contributed by atoms with Gasteiger partial charge < -0.3 is 19.3 Å². The largest absolute Gasteiger partial charge is 0.493 e. The molecule has 3 rings (SSSR count). The van der Waals surface area contributed by atoms with E-state index in [-0.39, 0.29) is 36.7 Å². The Bertz CT molecular complexity index is 1110. The fraction of sp³-hybridized carbons (Fsp3) is 0.348. The highest BCUT2D eigenvalue weighted by Gasteiger charge is 2.19. The summed E-state index contributed by atoms with van der Waals surface area (Å²) in [5.41, 5.74) is 2.42. The fourth-order valence-corrected chi connectivity index (χ4v) is 3.29. The Morgan fingerprint density at radius 2 is 1.82 bits per heavy atom. The van der Waals surface area contributed by atoms with Crippen LogP contribution >= 0.6 is 0 Å². The molecular formula is C23H26N4O6. The second kappa shape index (κ2) is 11.1. The van der Waals surface area contributed by atoms with Gasteiger partial charge in [-0.3, -0.25) is 14.9 Å². The number of aryl methyl sites for hydroxylation is 2. The number of ether oxygens (including phenoxy) is 2. The second-order valence-electron chi connectivity index (χ2n) is 7.26. The van der Waals surface area contributed by atoms with E-state index in [1.807, 2.05) is 24.3 Å². The average Bonchev–Trinajstić information content (AvgIpc) is 3.31. The van der Waals surface area contributed by atoms with E-state index in [9.17, 15) is 14.9 Å². The van der Waals surface area contributed by atoms with Crippen molar-refractivity contribution in [1.29, 1.82) is 0 Å². The first-order valence-electron chi connectivity index (χ1n) is 10.5. The summed E-state index contributed by atoms with van der Waals surface area (Å²) < 4.78 is 15.6. The number of carbonyl (C=O) groups excluding carboxylic acids is 1. The lowest BCUT2D eigenvalue weighted by molar-refractivity contribution is -0.385. The Morgan fingerprint density at radius 3 is 2.45 bits per heavy atom. The van der Waals surface area contributed by atoms with E-state index in [4.69, 9.17) is 14.0 Å². The number of benzene rings is 2. The van der Waals surface area contributed by atoms with Crippen LogP contribution in [0.5, 0.6) is 11.5 Å². The number of hydrogen-bond acceptors (Lipinski definition) is 8. The first kappa shape index (κ1) is 23.7. The first-order chi connectivity index (χ1) is 15.9. The SMILES string of the molecule is CCc1ccc(-c2noc(CCC(=O)NCCc3cc(OC)c(OC)cc3[N+](=O)[O-])n2)cc1. The Morgan fingerprint density at radius 1 is 1.12 bits per heavy atom. The molecule has 33 heavy (non-hydrogen) atoms. The van der Waals surface area contributed by atoms with Crippen molar-refractivity contribution in [2.45, 2.75) is 32.6 Å². The molecule has 0 saturated carbocycles. The van der Waals surface area contributed by atoms with Gasteiger partial charge in [-0.15, -0.1) is 0 Å². The van der Waals surface area contributed by atoms with Crippen molar-refractivity contribution in [2.75, 3.05) is 20.8 Å². The maximum Gasteiger partial charge on any atom is 0.276 e. The van der Waals surface area contributed by atoms with Crippen LogP contribution in [-0.4, -0.2) is 41.7 Å². The minimum Gasteiger partial charge on any atom is -0.493 e.